The molecule has 3 nitrogen and oxygen atoms in total. The van der Waals surface area contributed by atoms with E-state index in [0.29, 0.717) is 4.88 Å². The molecule has 0 atom stereocenters. The van der Waals surface area contributed by atoms with Gasteiger partial charge in [-0.25, -0.2) is 0 Å². The van der Waals surface area contributed by atoms with Gasteiger partial charge in [-0.3, -0.25) is 9.59 Å². The van der Waals surface area contributed by atoms with Crippen LogP contribution < -0.4 is 0 Å². The van der Waals surface area contributed by atoms with Crippen molar-refractivity contribution in [3.05, 3.63) is 56.9 Å². The van der Waals surface area contributed by atoms with E-state index in [2.05, 4.69) is 4.74 Å². The molecule has 1 aliphatic heterocycles. The first-order chi connectivity index (χ1) is 12.2. The Balaban J connectivity index is 1.66. The van der Waals surface area contributed by atoms with Crippen LogP contribution in [-0.2, 0) is 9.53 Å². The van der Waals surface area contributed by atoms with E-state index in [-0.39, 0.29) is 58.8 Å². The smallest absolute Gasteiger partial charge is 0.426 e. The fourth-order valence-electron chi connectivity index (χ4n) is 2.36. The van der Waals surface area contributed by atoms with Gasteiger partial charge < -0.3 is 4.74 Å². The van der Waals surface area contributed by atoms with Gasteiger partial charge in [-0.05, 0) is 35.4 Å². The Hall–Kier alpha value is -1.87. The van der Waals surface area contributed by atoms with E-state index in [9.17, 15) is 27.2 Å². The molecular weight excluding hydrogens is 392 g/mol. The molecule has 0 spiro atoms. The lowest BCUT2D eigenvalue weighted by molar-refractivity contribution is -0.297. The number of halogens is 4. The molecule has 0 radical (unpaired) electrons. The summed E-state index contributed by atoms with van der Waals surface area (Å²) in [4.78, 5) is 24.7. The molecule has 0 saturated heterocycles. The van der Waals surface area contributed by atoms with Crippen LogP contribution in [0.5, 0.6) is 0 Å². The van der Waals surface area contributed by atoms with Crippen molar-refractivity contribution < 1.29 is 31.9 Å². The predicted molar refractivity (Wildman–Crippen MR) is 90.3 cm³/mol. The van der Waals surface area contributed by atoms with E-state index in [1.54, 1.807) is 17.5 Å². The molecule has 2 aliphatic rings. The summed E-state index contributed by atoms with van der Waals surface area (Å²) in [6, 6.07) is 3.39. The summed E-state index contributed by atoms with van der Waals surface area (Å²) < 4.78 is 57.5. The number of allylic oxidation sites excluding steroid dienone is 5. The largest absolute Gasteiger partial charge is 0.475 e. The maximum Gasteiger partial charge on any atom is 0.475 e. The number of carbonyl (C=O) groups is 2. The van der Waals surface area contributed by atoms with Gasteiger partial charge in [0.15, 0.2) is 11.6 Å². The first-order valence-electron chi connectivity index (χ1n) is 7.54. The molecule has 2 heterocycles. The second-order valence-electron chi connectivity index (χ2n) is 5.55. The van der Waals surface area contributed by atoms with Crippen molar-refractivity contribution in [2.75, 3.05) is 0 Å². The maximum absolute atomic E-state index is 13.4. The van der Waals surface area contributed by atoms with Crippen LogP contribution in [0, 0.1) is 0 Å². The summed E-state index contributed by atoms with van der Waals surface area (Å²) in [6.45, 7) is 0. The molecule has 0 N–H and O–H groups in total. The number of carbonyl (C=O) groups excluding carboxylic acids is 2. The lowest BCUT2D eigenvalue weighted by Crippen LogP contribution is -2.42. The van der Waals surface area contributed by atoms with Crippen molar-refractivity contribution in [1.29, 1.82) is 0 Å². The lowest BCUT2D eigenvalue weighted by atomic mass is 10.0. The van der Waals surface area contributed by atoms with E-state index < -0.39 is 11.4 Å². The van der Waals surface area contributed by atoms with Crippen molar-refractivity contribution in [1.82, 2.24) is 0 Å². The molecular formula is C17H12F4O3S2. The van der Waals surface area contributed by atoms with Gasteiger partial charge in [0.1, 0.15) is 5.76 Å². The molecule has 138 valence electrons. The summed E-state index contributed by atoms with van der Waals surface area (Å²) >= 11 is 1.01. The van der Waals surface area contributed by atoms with Gasteiger partial charge >= 0.3 is 11.4 Å². The number of rotatable bonds is 5. The number of thioether (sulfide) groups is 1. The zero-order chi connectivity index (χ0) is 18.9. The highest BCUT2D eigenvalue weighted by Crippen LogP contribution is 2.54. The third-order valence-electron chi connectivity index (χ3n) is 3.72. The molecule has 1 aromatic heterocycles. The van der Waals surface area contributed by atoms with Crippen LogP contribution >= 0.6 is 23.1 Å². The number of Topliss-reactive ketones (excluding diaryl/α,β-unsaturated/α-hetero) is 2. The average molecular weight is 404 g/mol. The van der Waals surface area contributed by atoms with Crippen molar-refractivity contribution >= 4 is 34.7 Å². The van der Waals surface area contributed by atoms with Crippen LogP contribution in [0.3, 0.4) is 0 Å². The van der Waals surface area contributed by atoms with Gasteiger partial charge in [0, 0.05) is 29.7 Å². The molecule has 1 aromatic rings. The summed E-state index contributed by atoms with van der Waals surface area (Å²) in [5.41, 5.74) is 0.175. The summed E-state index contributed by atoms with van der Waals surface area (Å²) in [5.74, 6) is -0.906. The molecule has 0 amide bonds. The molecule has 0 bridgehead atoms. The summed E-state index contributed by atoms with van der Waals surface area (Å²) in [6.07, 6.45) is -1.07. The van der Waals surface area contributed by atoms with Crippen LogP contribution in [0.4, 0.5) is 17.6 Å². The number of hydrogen-bond acceptors (Lipinski definition) is 5. The monoisotopic (exact) mass is 404 g/mol. The highest BCUT2D eigenvalue weighted by Gasteiger charge is 2.63. The van der Waals surface area contributed by atoms with E-state index in [1.807, 2.05) is 0 Å². The van der Waals surface area contributed by atoms with Crippen LogP contribution in [0.2, 0.25) is 0 Å². The van der Waals surface area contributed by atoms with Crippen LogP contribution in [-0.4, -0.2) is 22.9 Å². The molecule has 3 rings (SSSR count). The Kier molecular flexibility index (Phi) is 5.12. The van der Waals surface area contributed by atoms with Gasteiger partial charge in [-0.15, -0.1) is 11.3 Å². The Morgan fingerprint density at radius 3 is 2.54 bits per heavy atom. The van der Waals surface area contributed by atoms with Crippen molar-refractivity contribution in [3.8, 4) is 0 Å². The van der Waals surface area contributed by atoms with Crippen LogP contribution in [0.25, 0.3) is 0 Å². The standard InChI is InChI=1S/C17H12F4O3S2/c18-16(19)17(20,21)26-15-8-4-10(3-7-13(15)24-16)11(22)5-6-12(23)14-2-1-9-25-14/h1-4,7,9H,5-6,8H2. The molecule has 0 saturated carbocycles. The zero-order valence-electron chi connectivity index (χ0n) is 13.1. The SMILES string of the molecule is O=C(CCC(=O)c1cccs1)C1=CCC2=C(C=C1)OC(F)(F)C(F)(F)S2. The maximum atomic E-state index is 13.4. The van der Waals surface area contributed by atoms with E-state index in [1.165, 1.54) is 23.5 Å². The van der Waals surface area contributed by atoms with Gasteiger partial charge in [-0.1, -0.05) is 12.1 Å². The highest BCUT2D eigenvalue weighted by molar-refractivity contribution is 8.04. The number of ketones is 2. The molecule has 0 aromatic carbocycles. The lowest BCUT2D eigenvalue weighted by Gasteiger charge is -2.31. The van der Waals surface area contributed by atoms with E-state index >= 15 is 0 Å². The Morgan fingerprint density at radius 2 is 1.85 bits per heavy atom. The molecule has 1 aliphatic carbocycles. The van der Waals surface area contributed by atoms with Crippen LogP contribution in [0.1, 0.15) is 28.9 Å². The summed E-state index contributed by atoms with van der Waals surface area (Å²) in [7, 11) is 0. The Labute approximate surface area is 154 Å². The quantitative estimate of drug-likeness (QED) is 0.492. The number of thiophene rings is 1. The number of hydrogen-bond donors (Lipinski definition) is 0. The topological polar surface area (TPSA) is 43.4 Å². The second kappa shape index (κ2) is 7.03. The first-order valence-corrected chi connectivity index (χ1v) is 9.24. The highest BCUT2D eigenvalue weighted by atomic mass is 32.2. The normalized spacial score (nSPS) is 20.7. The first kappa shape index (κ1) is 18.9. The average Bonchev–Trinajstić information content (AvgIpc) is 3.03. The second-order valence-corrected chi connectivity index (χ2v) is 7.70. The Bertz CT molecular complexity index is 823. The minimum absolute atomic E-state index is 0.0130. The fourth-order valence-corrected chi connectivity index (χ4v) is 3.90. The van der Waals surface area contributed by atoms with Crippen LogP contribution in [0.15, 0.2) is 52.0 Å². The number of alkyl halides is 4. The number of ether oxygens (including phenoxy) is 1. The minimum atomic E-state index is -4.62. The van der Waals surface area contributed by atoms with Crippen molar-refractivity contribution in [3.63, 3.8) is 0 Å². The minimum Gasteiger partial charge on any atom is -0.426 e. The van der Waals surface area contributed by atoms with Gasteiger partial charge in [0.25, 0.3) is 0 Å². The Morgan fingerprint density at radius 1 is 1.12 bits per heavy atom. The molecule has 9 heteroatoms. The molecule has 0 fully saturated rings. The third kappa shape index (κ3) is 3.78. The van der Waals surface area contributed by atoms with Crippen molar-refractivity contribution in [2.24, 2.45) is 0 Å². The van der Waals surface area contributed by atoms with Gasteiger partial charge in [0.2, 0.25) is 0 Å². The summed E-state index contributed by atoms with van der Waals surface area (Å²) in [5, 5.41) is -2.62. The predicted octanol–water partition coefficient (Wildman–Crippen LogP) is 5.33. The van der Waals surface area contributed by atoms with Gasteiger partial charge in [0.05, 0.1) is 4.88 Å². The van der Waals surface area contributed by atoms with Gasteiger partial charge in [-0.2, -0.15) is 17.6 Å². The third-order valence-corrected chi connectivity index (χ3v) is 5.74. The zero-order valence-corrected chi connectivity index (χ0v) is 14.8. The molecule has 0 unspecified atom stereocenters. The van der Waals surface area contributed by atoms with E-state index in [4.69, 9.17) is 0 Å². The fraction of sp³-hybridized carbons (Fsp3) is 0.294. The molecule has 26 heavy (non-hydrogen) atoms. The van der Waals surface area contributed by atoms with E-state index in [0.717, 1.165) is 6.08 Å². The van der Waals surface area contributed by atoms with Crippen molar-refractivity contribution in [2.45, 2.75) is 30.6 Å².